The van der Waals surface area contributed by atoms with Gasteiger partial charge in [0.2, 0.25) is 16.9 Å². The van der Waals surface area contributed by atoms with E-state index < -0.39 is 23.8 Å². The maximum Gasteiger partial charge on any atom is 0.573 e. The summed E-state index contributed by atoms with van der Waals surface area (Å²) in [5.74, 6) is -0.872. The van der Waals surface area contributed by atoms with Crippen molar-refractivity contribution in [1.82, 2.24) is 20.4 Å². The minimum Gasteiger partial charge on any atom is -0.406 e. The van der Waals surface area contributed by atoms with Crippen molar-refractivity contribution < 1.29 is 31.9 Å². The maximum atomic E-state index is 13.8. The third-order valence-electron chi connectivity index (χ3n) is 6.27. The summed E-state index contributed by atoms with van der Waals surface area (Å²) in [4.78, 5) is 26.7. The molecule has 5 rings (SSSR count). The number of anilines is 3. The minimum absolute atomic E-state index is 0.0537. The van der Waals surface area contributed by atoms with Crippen LogP contribution in [-0.4, -0.2) is 51.7 Å². The average Bonchev–Trinajstić information content (AvgIpc) is 3.60. The van der Waals surface area contributed by atoms with Crippen molar-refractivity contribution in [3.8, 4) is 5.75 Å². The fraction of sp³-hybridized carbons (Fsp3) is 0.259. The molecule has 0 aliphatic carbocycles. The molecule has 3 heterocycles. The lowest BCUT2D eigenvalue weighted by Crippen LogP contribution is -2.21. The first-order valence-corrected chi connectivity index (χ1v) is 13.5. The molecule has 42 heavy (non-hydrogen) atoms. The summed E-state index contributed by atoms with van der Waals surface area (Å²) < 4.78 is 55.0. The lowest BCUT2D eigenvalue weighted by molar-refractivity contribution is -0.274. The standard InChI is InChI=1S/C27H23F4N7O3S/c28-20-7-2-1-5-17(20)14-24(40)33-26-37-36-25(42-26)18-10-11-38(15-18)22-9-8-21(34-35-22)32-23(39)13-16-4-3-6-19(12-16)41-27(29,30)31/h1-9,12,18H,10-11,13-15H2,(H,32,34,39)(H,33,37,40). The van der Waals surface area contributed by atoms with Crippen LogP contribution in [0.15, 0.2) is 60.7 Å². The fourth-order valence-electron chi connectivity index (χ4n) is 4.38. The third-order valence-corrected chi connectivity index (χ3v) is 7.27. The van der Waals surface area contributed by atoms with Crippen LogP contribution in [0.1, 0.15) is 28.5 Å². The summed E-state index contributed by atoms with van der Waals surface area (Å²) in [5.41, 5.74) is 0.633. The second kappa shape index (κ2) is 12.5. The molecule has 1 fully saturated rings. The Morgan fingerprint density at radius 3 is 2.52 bits per heavy atom. The number of carbonyl (C=O) groups is 2. The summed E-state index contributed by atoms with van der Waals surface area (Å²) in [7, 11) is 0. The summed E-state index contributed by atoms with van der Waals surface area (Å²) >= 11 is 1.26. The van der Waals surface area contributed by atoms with E-state index in [1.54, 1.807) is 30.3 Å². The zero-order valence-corrected chi connectivity index (χ0v) is 22.6. The number of nitrogens with one attached hydrogen (secondary N) is 2. The molecule has 15 heteroatoms. The monoisotopic (exact) mass is 601 g/mol. The smallest absolute Gasteiger partial charge is 0.406 e. The predicted molar refractivity (Wildman–Crippen MR) is 146 cm³/mol. The van der Waals surface area contributed by atoms with Crippen molar-refractivity contribution in [2.45, 2.75) is 31.5 Å². The molecule has 1 atom stereocenters. The number of ether oxygens (including phenoxy) is 1. The van der Waals surface area contributed by atoms with Crippen LogP contribution in [0.4, 0.5) is 34.3 Å². The summed E-state index contributed by atoms with van der Waals surface area (Å²) in [5, 5.41) is 22.8. The van der Waals surface area contributed by atoms with Gasteiger partial charge >= 0.3 is 6.36 Å². The van der Waals surface area contributed by atoms with Gasteiger partial charge in [-0.2, -0.15) is 0 Å². The summed E-state index contributed by atoms with van der Waals surface area (Å²) in [6, 6.07) is 14.6. The topological polar surface area (TPSA) is 122 Å². The summed E-state index contributed by atoms with van der Waals surface area (Å²) in [6.07, 6.45) is -4.34. The van der Waals surface area contributed by atoms with Crippen LogP contribution in [0.2, 0.25) is 0 Å². The normalized spacial score (nSPS) is 15.0. The first-order valence-electron chi connectivity index (χ1n) is 12.7. The zero-order chi connectivity index (χ0) is 29.7. The molecule has 4 aromatic rings. The highest BCUT2D eigenvalue weighted by Gasteiger charge is 2.31. The molecular weight excluding hydrogens is 578 g/mol. The molecule has 1 aliphatic rings. The van der Waals surface area contributed by atoms with Gasteiger partial charge < -0.3 is 20.3 Å². The van der Waals surface area contributed by atoms with E-state index in [2.05, 4.69) is 35.8 Å². The molecule has 0 radical (unpaired) electrons. The van der Waals surface area contributed by atoms with Gasteiger partial charge in [-0.05, 0) is 47.9 Å². The third kappa shape index (κ3) is 7.75. The maximum absolute atomic E-state index is 13.8. The lowest BCUT2D eigenvalue weighted by atomic mass is 10.1. The van der Waals surface area contributed by atoms with Gasteiger partial charge in [0, 0.05) is 19.0 Å². The first kappa shape index (κ1) is 28.9. The first-order chi connectivity index (χ1) is 20.1. The number of benzene rings is 2. The highest BCUT2D eigenvalue weighted by Crippen LogP contribution is 2.33. The number of aromatic nitrogens is 4. The van der Waals surface area contributed by atoms with E-state index in [1.807, 2.05) is 4.90 Å². The fourth-order valence-corrected chi connectivity index (χ4v) is 5.27. The number of amides is 2. The van der Waals surface area contributed by atoms with Crippen molar-refractivity contribution in [3.05, 3.63) is 82.6 Å². The van der Waals surface area contributed by atoms with Crippen LogP contribution in [0, 0.1) is 5.82 Å². The van der Waals surface area contributed by atoms with Crippen LogP contribution >= 0.6 is 11.3 Å². The van der Waals surface area contributed by atoms with Crippen molar-refractivity contribution in [1.29, 1.82) is 0 Å². The predicted octanol–water partition coefficient (Wildman–Crippen LogP) is 4.72. The van der Waals surface area contributed by atoms with Gasteiger partial charge in [0.15, 0.2) is 11.6 Å². The van der Waals surface area contributed by atoms with E-state index in [4.69, 9.17) is 0 Å². The van der Waals surface area contributed by atoms with Crippen LogP contribution < -0.4 is 20.3 Å². The number of halogens is 4. The molecule has 2 N–H and O–H groups in total. The number of nitrogens with zero attached hydrogens (tertiary/aromatic N) is 5. The molecule has 10 nitrogen and oxygen atoms in total. The van der Waals surface area contributed by atoms with Gasteiger partial charge in [0.1, 0.15) is 16.6 Å². The number of hydrogen-bond donors (Lipinski definition) is 2. The Kier molecular flexibility index (Phi) is 8.56. The second-order valence-electron chi connectivity index (χ2n) is 9.39. The Morgan fingerprint density at radius 2 is 1.76 bits per heavy atom. The van der Waals surface area contributed by atoms with E-state index in [0.29, 0.717) is 35.2 Å². The van der Waals surface area contributed by atoms with E-state index in [-0.39, 0.29) is 30.5 Å². The van der Waals surface area contributed by atoms with E-state index in [1.165, 1.54) is 29.5 Å². The molecule has 1 saturated heterocycles. The Labute approximate surface area is 240 Å². The van der Waals surface area contributed by atoms with Gasteiger partial charge in [-0.15, -0.1) is 33.6 Å². The molecule has 1 aliphatic heterocycles. The van der Waals surface area contributed by atoms with Gasteiger partial charge in [-0.3, -0.25) is 9.59 Å². The van der Waals surface area contributed by atoms with Gasteiger partial charge in [0.25, 0.3) is 0 Å². The largest absolute Gasteiger partial charge is 0.573 e. The van der Waals surface area contributed by atoms with Crippen molar-refractivity contribution in [2.24, 2.45) is 0 Å². The van der Waals surface area contributed by atoms with Crippen LogP contribution in [0.25, 0.3) is 0 Å². The van der Waals surface area contributed by atoms with E-state index in [0.717, 1.165) is 23.6 Å². The lowest BCUT2D eigenvalue weighted by Gasteiger charge is -2.16. The molecule has 1 unspecified atom stereocenters. The van der Waals surface area contributed by atoms with Crippen LogP contribution in [-0.2, 0) is 22.4 Å². The van der Waals surface area contributed by atoms with Crippen LogP contribution in [0.5, 0.6) is 5.75 Å². The Bertz CT molecular complexity index is 1570. The number of alkyl halides is 3. The molecule has 0 bridgehead atoms. The van der Waals surface area contributed by atoms with Crippen LogP contribution in [0.3, 0.4) is 0 Å². The van der Waals surface area contributed by atoms with Gasteiger partial charge in [-0.25, -0.2) is 4.39 Å². The van der Waals surface area contributed by atoms with Crippen molar-refractivity contribution >= 4 is 39.9 Å². The molecule has 2 aromatic carbocycles. The molecule has 2 amide bonds. The number of hydrogen-bond acceptors (Lipinski definition) is 9. The number of carbonyl (C=O) groups excluding carboxylic acids is 2. The Hall–Kier alpha value is -4.66. The summed E-state index contributed by atoms with van der Waals surface area (Å²) in [6.45, 7) is 1.27. The minimum atomic E-state index is -4.82. The SMILES string of the molecule is O=C(Cc1cccc(OC(F)(F)F)c1)Nc1ccc(N2CCC(c3nnc(NC(=O)Cc4ccccc4F)s3)C2)nn1. The average molecular weight is 602 g/mol. The highest BCUT2D eigenvalue weighted by atomic mass is 32.1. The molecule has 0 saturated carbocycles. The Morgan fingerprint density at radius 1 is 0.952 bits per heavy atom. The quantitative estimate of drug-likeness (QED) is 0.264. The molecular formula is C27H23F4N7O3S. The molecule has 218 valence electrons. The van der Waals surface area contributed by atoms with Crippen molar-refractivity contribution in [2.75, 3.05) is 28.6 Å². The zero-order valence-electron chi connectivity index (χ0n) is 21.8. The highest BCUT2D eigenvalue weighted by molar-refractivity contribution is 7.15. The van der Waals surface area contributed by atoms with E-state index in [9.17, 15) is 27.2 Å². The molecule has 2 aromatic heterocycles. The Balaban J connectivity index is 1.11. The molecule has 0 spiro atoms. The number of rotatable bonds is 9. The van der Waals surface area contributed by atoms with Gasteiger partial charge in [-0.1, -0.05) is 41.7 Å². The van der Waals surface area contributed by atoms with E-state index >= 15 is 0 Å². The second-order valence-corrected chi connectivity index (χ2v) is 10.4. The van der Waals surface area contributed by atoms with Gasteiger partial charge in [0.05, 0.1) is 12.8 Å². The van der Waals surface area contributed by atoms with Crippen molar-refractivity contribution in [3.63, 3.8) is 0 Å².